The van der Waals surface area contributed by atoms with Gasteiger partial charge in [-0.3, -0.25) is 4.79 Å². The highest BCUT2D eigenvalue weighted by atomic mass is 32.2. The number of ether oxygens (including phenoxy) is 1. The number of hydrogen-bond donors (Lipinski definition) is 0. The molecular weight excluding hydrogens is 308 g/mol. The van der Waals surface area contributed by atoms with Gasteiger partial charge in [-0.15, -0.1) is 0 Å². The summed E-state index contributed by atoms with van der Waals surface area (Å²) in [7, 11) is 0. The van der Waals surface area contributed by atoms with Crippen molar-refractivity contribution < 1.29 is 9.53 Å². The highest BCUT2D eigenvalue weighted by molar-refractivity contribution is 7.99. The Kier molecular flexibility index (Phi) is 5.18. The summed E-state index contributed by atoms with van der Waals surface area (Å²) in [5, 5.41) is 0. The average molecular weight is 328 g/mol. The van der Waals surface area contributed by atoms with Gasteiger partial charge in [0.15, 0.2) is 0 Å². The number of nitrogens with zero attached hydrogens (tertiary/aromatic N) is 2. The van der Waals surface area contributed by atoms with Crippen molar-refractivity contribution in [2.24, 2.45) is 0 Å². The minimum absolute atomic E-state index is 0.0354. The van der Waals surface area contributed by atoms with Crippen molar-refractivity contribution in [3.05, 3.63) is 54.2 Å². The van der Waals surface area contributed by atoms with Crippen molar-refractivity contribution in [1.82, 2.24) is 4.98 Å². The molecule has 0 aliphatic carbocycles. The van der Waals surface area contributed by atoms with Gasteiger partial charge in [0.25, 0.3) is 5.91 Å². The molecule has 1 aromatic carbocycles. The van der Waals surface area contributed by atoms with Gasteiger partial charge >= 0.3 is 0 Å². The van der Waals surface area contributed by atoms with Crippen molar-refractivity contribution in [3.8, 4) is 5.88 Å². The number of amides is 1. The number of carbonyl (C=O) groups excluding carboxylic acids is 1. The average Bonchev–Trinajstić information content (AvgIpc) is 3.10. The zero-order valence-electron chi connectivity index (χ0n) is 13.1. The predicted molar refractivity (Wildman–Crippen MR) is 94.4 cm³/mol. The molecule has 0 spiro atoms. The summed E-state index contributed by atoms with van der Waals surface area (Å²) < 4.78 is 5.88. The second-order valence-electron chi connectivity index (χ2n) is 5.37. The summed E-state index contributed by atoms with van der Waals surface area (Å²) >= 11 is 1.89. The van der Waals surface area contributed by atoms with Crippen LogP contribution in [0.3, 0.4) is 0 Å². The van der Waals surface area contributed by atoms with Crippen LogP contribution < -0.4 is 9.64 Å². The zero-order chi connectivity index (χ0) is 16.1. The lowest BCUT2D eigenvalue weighted by Crippen LogP contribution is -2.30. The topological polar surface area (TPSA) is 42.4 Å². The third-order valence-electron chi connectivity index (χ3n) is 3.79. The van der Waals surface area contributed by atoms with Crippen LogP contribution in [0.2, 0.25) is 0 Å². The molecule has 1 fully saturated rings. The number of hydrogen-bond acceptors (Lipinski definition) is 4. The van der Waals surface area contributed by atoms with Gasteiger partial charge in [-0.05, 0) is 37.3 Å². The summed E-state index contributed by atoms with van der Waals surface area (Å²) in [6.45, 7) is 2.58. The molecule has 3 rings (SSSR count). The molecule has 0 N–H and O–H groups in total. The number of pyridine rings is 1. The maximum absolute atomic E-state index is 12.8. The van der Waals surface area contributed by atoms with Crippen molar-refractivity contribution in [1.29, 1.82) is 0 Å². The lowest BCUT2D eigenvalue weighted by Gasteiger charge is -2.21. The lowest BCUT2D eigenvalue weighted by atomic mass is 10.2. The van der Waals surface area contributed by atoms with Gasteiger partial charge in [0.2, 0.25) is 5.88 Å². The summed E-state index contributed by atoms with van der Waals surface area (Å²) in [4.78, 5) is 18.8. The van der Waals surface area contributed by atoms with Crippen LogP contribution in [0.25, 0.3) is 0 Å². The molecule has 0 bridgehead atoms. The van der Waals surface area contributed by atoms with E-state index in [4.69, 9.17) is 4.74 Å². The fraction of sp³-hybridized carbons (Fsp3) is 0.333. The monoisotopic (exact) mass is 328 g/mol. The molecule has 2 aromatic rings. The van der Waals surface area contributed by atoms with Crippen LogP contribution in [0.5, 0.6) is 5.88 Å². The number of para-hydroxylation sites is 1. The van der Waals surface area contributed by atoms with Gasteiger partial charge in [-0.2, -0.15) is 11.8 Å². The van der Waals surface area contributed by atoms with Crippen LogP contribution in [0, 0.1) is 0 Å². The Balaban J connectivity index is 1.78. The second kappa shape index (κ2) is 7.51. The Labute approximate surface area is 140 Å². The highest BCUT2D eigenvalue weighted by Gasteiger charge is 2.20. The quantitative estimate of drug-likeness (QED) is 0.840. The maximum atomic E-state index is 12.8. The fourth-order valence-electron chi connectivity index (χ4n) is 2.59. The van der Waals surface area contributed by atoms with E-state index < -0.39 is 0 Å². The van der Waals surface area contributed by atoms with E-state index in [1.807, 2.05) is 49.0 Å². The van der Waals surface area contributed by atoms with Crippen LogP contribution in [0.1, 0.15) is 23.7 Å². The van der Waals surface area contributed by atoms with E-state index in [1.165, 1.54) is 0 Å². The molecule has 120 valence electrons. The summed E-state index contributed by atoms with van der Waals surface area (Å²) in [5.74, 6) is 2.62. The normalized spacial score (nSPS) is 17.0. The Morgan fingerprint density at radius 3 is 2.87 bits per heavy atom. The first-order chi connectivity index (χ1) is 11.3. The Bertz CT molecular complexity index is 657. The third-order valence-corrected chi connectivity index (χ3v) is 4.92. The first-order valence-electron chi connectivity index (χ1n) is 7.85. The summed E-state index contributed by atoms with van der Waals surface area (Å²) in [6, 6.07) is 13.2. The van der Waals surface area contributed by atoms with Crippen LogP contribution in [0.4, 0.5) is 5.69 Å². The maximum Gasteiger partial charge on any atom is 0.258 e. The van der Waals surface area contributed by atoms with Gasteiger partial charge in [0.1, 0.15) is 6.10 Å². The van der Waals surface area contributed by atoms with E-state index in [0.29, 0.717) is 18.0 Å². The van der Waals surface area contributed by atoms with Gasteiger partial charge in [-0.25, -0.2) is 4.98 Å². The first-order valence-corrected chi connectivity index (χ1v) is 9.00. The minimum Gasteiger partial charge on any atom is -0.473 e. The lowest BCUT2D eigenvalue weighted by molar-refractivity contribution is 0.0987. The molecule has 1 unspecified atom stereocenters. The van der Waals surface area contributed by atoms with Crippen molar-refractivity contribution in [2.45, 2.75) is 19.4 Å². The SMILES string of the molecule is CCN(C(=O)c1ccnc(OC2CCSC2)c1)c1ccccc1. The molecule has 5 heteroatoms. The highest BCUT2D eigenvalue weighted by Crippen LogP contribution is 2.23. The summed E-state index contributed by atoms with van der Waals surface area (Å²) in [5.41, 5.74) is 1.50. The van der Waals surface area contributed by atoms with Crippen molar-refractivity contribution in [2.75, 3.05) is 23.0 Å². The Hall–Kier alpha value is -2.01. The molecule has 1 saturated heterocycles. The van der Waals surface area contributed by atoms with Crippen molar-refractivity contribution >= 4 is 23.4 Å². The first kappa shape index (κ1) is 15.9. The van der Waals surface area contributed by atoms with Gasteiger partial charge in [-0.1, -0.05) is 18.2 Å². The molecule has 1 aromatic heterocycles. The van der Waals surface area contributed by atoms with Crippen LogP contribution >= 0.6 is 11.8 Å². The van der Waals surface area contributed by atoms with Crippen LogP contribution in [-0.2, 0) is 0 Å². The van der Waals surface area contributed by atoms with E-state index in [1.54, 1.807) is 23.2 Å². The number of aromatic nitrogens is 1. The molecule has 23 heavy (non-hydrogen) atoms. The summed E-state index contributed by atoms with van der Waals surface area (Å²) in [6.07, 6.45) is 2.88. The molecule has 1 aliphatic heterocycles. The van der Waals surface area contributed by atoms with Gasteiger partial charge in [0.05, 0.1) is 0 Å². The zero-order valence-corrected chi connectivity index (χ0v) is 14.0. The van der Waals surface area contributed by atoms with E-state index in [9.17, 15) is 4.79 Å². The molecular formula is C18H20N2O2S. The van der Waals surface area contributed by atoms with Crippen LogP contribution in [0.15, 0.2) is 48.7 Å². The Morgan fingerprint density at radius 2 is 2.17 bits per heavy atom. The number of carbonyl (C=O) groups is 1. The molecule has 0 radical (unpaired) electrons. The fourth-order valence-corrected chi connectivity index (χ4v) is 3.68. The van der Waals surface area contributed by atoms with Gasteiger partial charge in [0, 0.05) is 35.8 Å². The number of rotatable bonds is 5. The molecule has 4 nitrogen and oxygen atoms in total. The molecule has 2 heterocycles. The molecule has 1 aliphatic rings. The van der Waals surface area contributed by atoms with E-state index in [2.05, 4.69) is 4.98 Å². The van der Waals surface area contributed by atoms with Crippen LogP contribution in [-0.4, -0.2) is 35.0 Å². The smallest absolute Gasteiger partial charge is 0.258 e. The minimum atomic E-state index is -0.0354. The third kappa shape index (κ3) is 3.85. The van der Waals surface area contributed by atoms with Crippen molar-refractivity contribution in [3.63, 3.8) is 0 Å². The molecule has 0 saturated carbocycles. The second-order valence-corrected chi connectivity index (χ2v) is 6.52. The largest absolute Gasteiger partial charge is 0.473 e. The van der Waals surface area contributed by atoms with Gasteiger partial charge < -0.3 is 9.64 Å². The number of benzene rings is 1. The predicted octanol–water partition coefficient (Wildman–Crippen LogP) is 3.63. The van der Waals surface area contributed by atoms with E-state index in [0.717, 1.165) is 23.6 Å². The Morgan fingerprint density at radius 1 is 1.35 bits per heavy atom. The standard InChI is InChI=1S/C18H20N2O2S/c1-2-20(15-6-4-3-5-7-15)18(21)14-8-10-19-17(12-14)22-16-9-11-23-13-16/h3-8,10,12,16H,2,9,11,13H2,1H3. The van der Waals surface area contributed by atoms with E-state index >= 15 is 0 Å². The number of anilines is 1. The van der Waals surface area contributed by atoms with E-state index in [-0.39, 0.29) is 12.0 Å². The number of thioether (sulfide) groups is 1. The molecule has 1 atom stereocenters. The molecule has 1 amide bonds.